The summed E-state index contributed by atoms with van der Waals surface area (Å²) in [5.74, 6) is -0.0396. The first-order chi connectivity index (χ1) is 14.7. The summed E-state index contributed by atoms with van der Waals surface area (Å²) in [7, 11) is 0. The monoisotopic (exact) mass is 394 g/mol. The summed E-state index contributed by atoms with van der Waals surface area (Å²) in [6.45, 7) is 2.73. The van der Waals surface area contributed by atoms with Crippen LogP contribution in [-0.4, -0.2) is 17.4 Å². The van der Waals surface area contributed by atoms with Crippen molar-refractivity contribution in [3.05, 3.63) is 102 Å². The molecule has 0 aliphatic rings. The third-order valence-electron chi connectivity index (χ3n) is 5.30. The van der Waals surface area contributed by atoms with Gasteiger partial charge in [0.15, 0.2) is 0 Å². The third kappa shape index (κ3) is 4.74. The van der Waals surface area contributed by atoms with E-state index < -0.39 is 0 Å². The zero-order valence-corrected chi connectivity index (χ0v) is 17.3. The quantitative estimate of drug-likeness (QED) is 0.393. The molecule has 3 aromatic carbocycles. The van der Waals surface area contributed by atoms with Crippen LogP contribution in [0.15, 0.2) is 84.9 Å². The van der Waals surface area contributed by atoms with Crippen LogP contribution in [0.25, 0.3) is 22.2 Å². The van der Waals surface area contributed by atoms with Gasteiger partial charge in [-0.3, -0.25) is 4.79 Å². The van der Waals surface area contributed by atoms with Crippen LogP contribution in [0.5, 0.6) is 0 Å². The number of carbonyl (C=O) groups excluding carboxylic acids is 1. The molecule has 4 aromatic rings. The predicted octanol–water partition coefficient (Wildman–Crippen LogP) is 5.96. The highest BCUT2D eigenvalue weighted by Gasteiger charge is 2.13. The molecule has 0 spiro atoms. The van der Waals surface area contributed by atoms with Gasteiger partial charge in [0, 0.05) is 17.5 Å². The summed E-state index contributed by atoms with van der Waals surface area (Å²) in [5.41, 5.74) is 5.88. The lowest BCUT2D eigenvalue weighted by atomic mass is 10.0. The van der Waals surface area contributed by atoms with E-state index in [1.54, 1.807) is 0 Å². The van der Waals surface area contributed by atoms with Crippen LogP contribution in [0.3, 0.4) is 0 Å². The molecule has 30 heavy (non-hydrogen) atoms. The maximum absolute atomic E-state index is 13.0. The van der Waals surface area contributed by atoms with E-state index in [0.717, 1.165) is 41.4 Å². The minimum Gasteiger partial charge on any atom is -0.352 e. The Balaban J connectivity index is 1.48. The average Bonchev–Trinajstić information content (AvgIpc) is 2.78. The highest BCUT2D eigenvalue weighted by atomic mass is 16.1. The normalized spacial score (nSPS) is 10.8. The van der Waals surface area contributed by atoms with E-state index in [-0.39, 0.29) is 5.91 Å². The van der Waals surface area contributed by atoms with Gasteiger partial charge < -0.3 is 5.32 Å². The van der Waals surface area contributed by atoms with Gasteiger partial charge in [-0.1, -0.05) is 72.3 Å². The molecule has 3 nitrogen and oxygen atoms in total. The molecule has 1 N–H and O–H groups in total. The second-order valence-corrected chi connectivity index (χ2v) is 7.64. The molecule has 0 aliphatic carbocycles. The van der Waals surface area contributed by atoms with Crippen LogP contribution >= 0.6 is 0 Å². The Hall–Kier alpha value is -3.46. The van der Waals surface area contributed by atoms with Gasteiger partial charge in [0.2, 0.25) is 0 Å². The van der Waals surface area contributed by atoms with Gasteiger partial charge in [-0.05, 0) is 49.9 Å². The lowest BCUT2D eigenvalue weighted by Crippen LogP contribution is -2.25. The molecule has 0 atom stereocenters. The van der Waals surface area contributed by atoms with Gasteiger partial charge in [0.25, 0.3) is 5.91 Å². The van der Waals surface area contributed by atoms with Crippen molar-refractivity contribution in [1.29, 1.82) is 0 Å². The Kier molecular flexibility index (Phi) is 6.19. The number of fused-ring (bicyclic) bond motifs is 1. The van der Waals surface area contributed by atoms with Crippen molar-refractivity contribution < 1.29 is 4.79 Å². The van der Waals surface area contributed by atoms with Crippen molar-refractivity contribution in [2.75, 3.05) is 6.54 Å². The maximum Gasteiger partial charge on any atom is 0.252 e. The summed E-state index contributed by atoms with van der Waals surface area (Å²) in [6.07, 6.45) is 3.04. The van der Waals surface area contributed by atoms with Gasteiger partial charge in [-0.25, -0.2) is 4.98 Å². The van der Waals surface area contributed by atoms with Crippen molar-refractivity contribution in [1.82, 2.24) is 10.3 Å². The fourth-order valence-electron chi connectivity index (χ4n) is 3.71. The summed E-state index contributed by atoms with van der Waals surface area (Å²) in [6, 6.07) is 28.4. The maximum atomic E-state index is 13.0. The number of rotatable bonds is 7. The molecule has 0 unspecified atom stereocenters. The number of para-hydroxylation sites is 1. The summed E-state index contributed by atoms with van der Waals surface area (Å²) in [5, 5.41) is 3.99. The zero-order chi connectivity index (χ0) is 20.8. The molecule has 4 rings (SSSR count). The van der Waals surface area contributed by atoms with Crippen molar-refractivity contribution in [2.24, 2.45) is 0 Å². The molecule has 1 heterocycles. The standard InChI is InChI=1S/C27H26N2O/c1-20-10-9-14-22(18-20)26-19-24(23-15-5-6-16-25(23)29-26)27(30)28-17-8-7-13-21-11-3-2-4-12-21/h2-6,9-12,14-16,18-19H,7-8,13,17H2,1H3,(H,28,30). The molecule has 0 saturated heterocycles. The van der Waals surface area contributed by atoms with Crippen LogP contribution in [-0.2, 0) is 6.42 Å². The fraction of sp³-hybridized carbons (Fsp3) is 0.185. The van der Waals surface area contributed by atoms with Gasteiger partial charge >= 0.3 is 0 Å². The van der Waals surface area contributed by atoms with Crippen LogP contribution in [0.4, 0.5) is 0 Å². The molecule has 0 aliphatic heterocycles. The van der Waals surface area contributed by atoms with Gasteiger partial charge in [-0.15, -0.1) is 0 Å². The molecular formula is C27H26N2O. The van der Waals surface area contributed by atoms with Crippen LogP contribution in [0.1, 0.15) is 34.3 Å². The number of aryl methyl sites for hydroxylation is 2. The molecule has 1 amide bonds. The van der Waals surface area contributed by atoms with E-state index in [4.69, 9.17) is 4.98 Å². The van der Waals surface area contributed by atoms with Gasteiger partial charge in [0.05, 0.1) is 16.8 Å². The van der Waals surface area contributed by atoms with Crippen LogP contribution < -0.4 is 5.32 Å². The highest BCUT2D eigenvalue weighted by molar-refractivity contribution is 6.07. The first-order valence-corrected chi connectivity index (χ1v) is 10.5. The van der Waals surface area contributed by atoms with Crippen LogP contribution in [0, 0.1) is 6.92 Å². The topological polar surface area (TPSA) is 42.0 Å². The number of carbonyl (C=O) groups is 1. The van der Waals surface area contributed by atoms with E-state index >= 15 is 0 Å². The summed E-state index contributed by atoms with van der Waals surface area (Å²) < 4.78 is 0. The Morgan fingerprint density at radius 2 is 1.67 bits per heavy atom. The molecule has 0 saturated carbocycles. The molecule has 0 bridgehead atoms. The fourth-order valence-corrected chi connectivity index (χ4v) is 3.71. The van der Waals surface area contributed by atoms with E-state index in [1.165, 1.54) is 11.1 Å². The van der Waals surface area contributed by atoms with Gasteiger partial charge in [0.1, 0.15) is 0 Å². The minimum absolute atomic E-state index is 0.0396. The number of pyridine rings is 1. The Morgan fingerprint density at radius 3 is 2.50 bits per heavy atom. The number of aromatic nitrogens is 1. The molecule has 0 radical (unpaired) electrons. The first kappa shape index (κ1) is 19.8. The second kappa shape index (κ2) is 9.36. The number of benzene rings is 3. The Labute approximate surface area is 177 Å². The van der Waals surface area contributed by atoms with Crippen molar-refractivity contribution >= 4 is 16.8 Å². The van der Waals surface area contributed by atoms with E-state index in [1.807, 2.05) is 48.5 Å². The number of unbranched alkanes of at least 4 members (excludes halogenated alkanes) is 1. The molecule has 150 valence electrons. The lowest BCUT2D eigenvalue weighted by Gasteiger charge is -2.11. The summed E-state index contributed by atoms with van der Waals surface area (Å²) >= 11 is 0. The molecular weight excluding hydrogens is 368 g/mol. The van der Waals surface area contributed by atoms with Gasteiger partial charge in [-0.2, -0.15) is 0 Å². The second-order valence-electron chi connectivity index (χ2n) is 7.64. The van der Waals surface area contributed by atoms with Crippen molar-refractivity contribution in [2.45, 2.75) is 26.2 Å². The van der Waals surface area contributed by atoms with Crippen molar-refractivity contribution in [3.8, 4) is 11.3 Å². The first-order valence-electron chi connectivity index (χ1n) is 10.5. The largest absolute Gasteiger partial charge is 0.352 e. The minimum atomic E-state index is -0.0396. The van der Waals surface area contributed by atoms with Crippen LogP contribution in [0.2, 0.25) is 0 Å². The zero-order valence-electron chi connectivity index (χ0n) is 17.3. The van der Waals surface area contributed by atoms with E-state index in [2.05, 4.69) is 48.6 Å². The Morgan fingerprint density at radius 1 is 0.867 bits per heavy atom. The number of amides is 1. The predicted molar refractivity (Wildman–Crippen MR) is 124 cm³/mol. The molecule has 0 fully saturated rings. The lowest BCUT2D eigenvalue weighted by molar-refractivity contribution is 0.0954. The SMILES string of the molecule is Cc1cccc(-c2cc(C(=O)NCCCCc3ccccc3)c3ccccc3n2)c1. The van der Waals surface area contributed by atoms with E-state index in [9.17, 15) is 4.79 Å². The number of nitrogens with zero attached hydrogens (tertiary/aromatic N) is 1. The smallest absolute Gasteiger partial charge is 0.252 e. The summed E-state index contributed by atoms with van der Waals surface area (Å²) in [4.78, 5) is 17.8. The Bertz CT molecular complexity index is 1150. The molecule has 3 heteroatoms. The van der Waals surface area contributed by atoms with Crippen molar-refractivity contribution in [3.63, 3.8) is 0 Å². The molecule has 1 aromatic heterocycles. The number of hydrogen-bond acceptors (Lipinski definition) is 2. The number of nitrogens with one attached hydrogen (secondary N) is 1. The average molecular weight is 395 g/mol. The number of hydrogen-bond donors (Lipinski definition) is 1. The highest BCUT2D eigenvalue weighted by Crippen LogP contribution is 2.25. The van der Waals surface area contributed by atoms with E-state index in [0.29, 0.717) is 12.1 Å². The third-order valence-corrected chi connectivity index (χ3v) is 5.30.